The van der Waals surface area contributed by atoms with E-state index in [9.17, 15) is 5.48 Å². The van der Waals surface area contributed by atoms with Crippen LogP contribution in [-0.4, -0.2) is 23.3 Å². The predicted octanol–water partition coefficient (Wildman–Crippen LogP) is 19.4. The molecule has 0 fully saturated rings. The molecule has 0 N–H and O–H groups in total. The Labute approximate surface area is 506 Å². The topological polar surface area (TPSA) is 41.8 Å². The van der Waals surface area contributed by atoms with E-state index in [0.29, 0.717) is 37.7 Å². The van der Waals surface area contributed by atoms with Gasteiger partial charge in [-0.2, -0.15) is 0 Å². The van der Waals surface area contributed by atoms with E-state index in [1.165, 1.54) is 0 Å². The third kappa shape index (κ3) is 8.68. The molecule has 0 saturated carbocycles. The van der Waals surface area contributed by atoms with E-state index in [1.807, 2.05) is 165 Å². The second-order valence-corrected chi connectivity index (χ2v) is 22.4. The summed E-state index contributed by atoms with van der Waals surface area (Å²) in [5.74, 6) is 1.49. The Balaban J connectivity index is 1.03. The fourth-order valence-electron chi connectivity index (χ4n) is 11.7. The molecular formula is C76H53N5OPt-2. The molecule has 0 radical (unpaired) electrons. The van der Waals surface area contributed by atoms with Gasteiger partial charge in [0.25, 0.3) is 0 Å². The van der Waals surface area contributed by atoms with E-state index in [0.717, 1.165) is 77.2 Å². The molecule has 400 valence electrons. The molecule has 6 nitrogen and oxygen atoms in total. The molecule has 0 aliphatic carbocycles. The van der Waals surface area contributed by atoms with Gasteiger partial charge >= 0.3 is 453 Å². The molecule has 0 aliphatic heterocycles. The number of pyridine rings is 1. The number of imidazole rings is 1. The van der Waals surface area contributed by atoms with Crippen LogP contribution in [0.5, 0.6) is 11.5 Å². The van der Waals surface area contributed by atoms with Crippen molar-refractivity contribution in [3.05, 3.63) is 288 Å². The summed E-state index contributed by atoms with van der Waals surface area (Å²) in [6.07, 6.45) is 1.84. The van der Waals surface area contributed by atoms with Crippen LogP contribution in [0, 0.1) is 15.9 Å². The van der Waals surface area contributed by atoms with Crippen molar-refractivity contribution in [2.24, 2.45) is 0 Å². The van der Waals surface area contributed by atoms with Crippen LogP contribution in [0.3, 0.4) is 0 Å². The van der Waals surface area contributed by atoms with Crippen LogP contribution < -0.4 is 4.74 Å². The van der Waals surface area contributed by atoms with Gasteiger partial charge in [-0.15, -0.1) is 0 Å². The zero-order chi connectivity index (χ0) is 64.5. The maximum absolute atomic E-state index is 9.73. The Morgan fingerprint density at radius 2 is 0.964 bits per heavy atom. The van der Waals surface area contributed by atoms with Gasteiger partial charge < -0.3 is 0 Å². The SMILES string of the molecule is [2H]c1c([2H])c([2H])c(-c2cc(-n3c4ccccc4c4ccccc43)cc(-c3c([2H])c([2H])c([2H])c([2H])c3[2H])c2-n2[c](=[Pt])n(-c3[c-]c(Oc4[c-]c5c(cc4)c4ccccc4n5-c4cc(C(C)(C)C)ccn4)cc(-c4ccccc4-c4ccccc4)c3)c3ccccc32)c([2H])c1[2H]. The number of fused-ring (bicyclic) bond motifs is 7. The minimum absolute atomic E-state index is 0.126. The number of aromatic nitrogens is 5. The van der Waals surface area contributed by atoms with Crippen LogP contribution in [0.2, 0.25) is 0 Å². The molecule has 11 aromatic carbocycles. The van der Waals surface area contributed by atoms with Crippen LogP contribution in [0.4, 0.5) is 0 Å². The van der Waals surface area contributed by atoms with Crippen molar-refractivity contribution in [1.29, 1.82) is 0 Å². The summed E-state index contributed by atoms with van der Waals surface area (Å²) >= 11 is 2.22. The van der Waals surface area contributed by atoms with Gasteiger partial charge in [0, 0.05) is 6.20 Å². The fourth-order valence-corrected chi connectivity index (χ4v) is 12.7. The van der Waals surface area contributed by atoms with Gasteiger partial charge in [0.2, 0.25) is 0 Å². The molecule has 0 aliphatic rings. The summed E-state index contributed by atoms with van der Waals surface area (Å²) in [6, 6.07) is 67.3. The Morgan fingerprint density at radius 3 is 1.58 bits per heavy atom. The van der Waals surface area contributed by atoms with E-state index in [4.69, 9.17) is 17.9 Å². The van der Waals surface area contributed by atoms with Gasteiger partial charge in [-0.25, -0.2) is 0 Å². The predicted molar refractivity (Wildman–Crippen MR) is 337 cm³/mol. The Kier molecular flexibility index (Phi) is 9.86. The summed E-state index contributed by atoms with van der Waals surface area (Å²) in [5.41, 5.74) is 10.1. The first-order valence-corrected chi connectivity index (χ1v) is 28.3. The van der Waals surface area contributed by atoms with Gasteiger partial charge in [0.05, 0.1) is 0 Å². The van der Waals surface area contributed by atoms with E-state index in [1.54, 1.807) is 12.1 Å². The molecule has 0 bridgehead atoms. The van der Waals surface area contributed by atoms with E-state index in [2.05, 4.69) is 99.3 Å². The Bertz CT molecular complexity index is 5510. The van der Waals surface area contributed by atoms with Gasteiger partial charge in [-0.1, -0.05) is 32.9 Å². The van der Waals surface area contributed by atoms with Gasteiger partial charge in [-0.3, -0.25) is 0 Å². The monoisotopic (exact) mass is 1260 g/mol. The Hall–Kier alpha value is -9.87. The van der Waals surface area contributed by atoms with Crippen molar-refractivity contribution >= 4 is 54.6 Å². The fraction of sp³-hybridized carbons (Fsp3) is 0.0526. The molecule has 4 aromatic heterocycles. The second kappa shape index (κ2) is 20.3. The number of para-hydroxylation sites is 5. The van der Waals surface area contributed by atoms with E-state index >= 15 is 0 Å². The molecule has 15 rings (SSSR count). The zero-order valence-electron chi connectivity index (χ0n) is 55.1. The van der Waals surface area contributed by atoms with Crippen LogP contribution in [0.15, 0.2) is 267 Å². The number of ether oxygens (including phenoxy) is 1. The maximum atomic E-state index is 9.73. The molecule has 15 aromatic rings. The molecular weight excluding hydrogens is 1190 g/mol. The van der Waals surface area contributed by atoms with Crippen molar-refractivity contribution in [2.75, 3.05) is 0 Å². The summed E-state index contributed by atoms with van der Waals surface area (Å²) in [5, 5.41) is 3.81. The van der Waals surface area contributed by atoms with Crippen LogP contribution in [0.1, 0.15) is 40.0 Å². The third-order valence-electron chi connectivity index (χ3n) is 15.4. The van der Waals surface area contributed by atoms with Crippen molar-refractivity contribution in [2.45, 2.75) is 26.2 Å². The van der Waals surface area contributed by atoms with Gasteiger partial charge in [-0.05, 0) is 17.0 Å². The molecule has 0 spiro atoms. The number of nitrogens with zero attached hydrogens (tertiary/aromatic N) is 5. The zero-order valence-corrected chi connectivity index (χ0v) is 47.4. The second-order valence-electron chi connectivity index (χ2n) is 21.4. The molecule has 0 unspecified atom stereocenters. The molecule has 7 heteroatoms. The number of hydrogen-bond acceptors (Lipinski definition) is 2. The van der Waals surface area contributed by atoms with E-state index < -0.39 is 60.4 Å². The molecule has 4 heterocycles. The normalized spacial score (nSPS) is 13.6. The first kappa shape index (κ1) is 40.3. The standard InChI is InChI=1S/C76H53N5O.Pt/c1-76(2,3)55-41-42-77-74(45-55)81-70-36-20-17-33-64(70)65-40-39-58(49-73(65)81)82-59-44-54(61-30-14-13-29-60(61)51-23-7-4-8-24-51)43-56(46-59)78-50-79(72-38-22-21-37-71(72)78)75-66(52-25-9-5-10-26-52)47-57(48-67(75)53-27-11-6-12-28-53)80-68-34-18-15-31-62(68)63-32-16-19-35-69(63)80;/h4-45,47-48H,1-3H3;/q-2;/i5D,6D,9D,10D,11D,12D,25D,26D,27D,28D;. The Morgan fingerprint density at radius 1 is 0.434 bits per heavy atom. The number of benzene rings is 11. The van der Waals surface area contributed by atoms with Crippen molar-refractivity contribution in [3.63, 3.8) is 0 Å². The summed E-state index contributed by atoms with van der Waals surface area (Å²) in [7, 11) is 0. The van der Waals surface area contributed by atoms with Crippen LogP contribution in [0.25, 0.3) is 122 Å². The van der Waals surface area contributed by atoms with E-state index in [-0.39, 0.29) is 33.4 Å². The van der Waals surface area contributed by atoms with Gasteiger partial charge in [0.1, 0.15) is 0 Å². The summed E-state index contributed by atoms with van der Waals surface area (Å²) in [6.45, 7) is 6.54. The summed E-state index contributed by atoms with van der Waals surface area (Å²) in [4.78, 5) is 4.92. The molecule has 0 saturated heterocycles. The van der Waals surface area contributed by atoms with Crippen LogP contribution >= 0.6 is 0 Å². The third-order valence-corrected chi connectivity index (χ3v) is 16.4. The molecule has 0 atom stereocenters. The summed E-state index contributed by atoms with van der Waals surface area (Å²) < 4.78 is 109. The first-order valence-electron chi connectivity index (χ1n) is 32.2. The van der Waals surface area contributed by atoms with Crippen molar-refractivity contribution in [3.8, 4) is 78.9 Å². The van der Waals surface area contributed by atoms with Gasteiger partial charge in [0.15, 0.2) is 0 Å². The number of rotatable bonds is 10. The average molecular weight is 1260 g/mol. The van der Waals surface area contributed by atoms with Crippen molar-refractivity contribution in [1.82, 2.24) is 23.3 Å². The quantitative estimate of drug-likeness (QED) is 0.128. The van der Waals surface area contributed by atoms with Crippen molar-refractivity contribution < 1.29 is 37.8 Å². The number of hydrogen-bond donors (Lipinski definition) is 0. The van der Waals surface area contributed by atoms with Crippen LogP contribution in [-0.2, 0) is 24.8 Å². The molecule has 0 amide bonds. The molecule has 83 heavy (non-hydrogen) atoms. The minimum atomic E-state index is -0.594. The first-order chi connectivity index (χ1) is 44.9. The average Bonchev–Trinajstić information content (AvgIpc) is 1.55.